The smallest absolute Gasteiger partial charge is 0.338 e. The third-order valence-electron chi connectivity index (χ3n) is 4.26. The average Bonchev–Trinajstić information content (AvgIpc) is 3.19. The molecular weight excluding hydrogens is 437 g/mol. The van der Waals surface area contributed by atoms with Crippen molar-refractivity contribution in [3.63, 3.8) is 0 Å². The summed E-state index contributed by atoms with van der Waals surface area (Å²) in [6.45, 7) is -1.50. The molecule has 1 atom stereocenters. The predicted molar refractivity (Wildman–Crippen MR) is 115 cm³/mol. The van der Waals surface area contributed by atoms with Crippen molar-refractivity contribution in [1.29, 1.82) is 0 Å². The van der Waals surface area contributed by atoms with Crippen LogP contribution < -0.4 is 0 Å². The molecule has 0 spiro atoms. The summed E-state index contributed by atoms with van der Waals surface area (Å²) in [5.41, 5.74) is 2.17. The molecule has 4 rings (SSSR count). The second-order valence-corrected chi connectivity index (χ2v) is 13.3. The summed E-state index contributed by atoms with van der Waals surface area (Å²) in [5.74, 6) is 3.36. The number of nitrogens with zero attached hydrogens (tertiary/aromatic N) is 3. The number of hydrogen-bond acceptors (Lipinski definition) is 8. The van der Waals surface area contributed by atoms with Crippen LogP contribution in [0.5, 0.6) is 0 Å². The molecule has 0 radical (unpaired) electrons. The lowest BCUT2D eigenvalue weighted by molar-refractivity contribution is -0.0921. The van der Waals surface area contributed by atoms with E-state index in [1.807, 2.05) is 35.7 Å². The van der Waals surface area contributed by atoms with Crippen LogP contribution in [0, 0.1) is 0 Å². The number of aromatic nitrogens is 2. The van der Waals surface area contributed by atoms with Crippen LogP contribution >= 0.6 is 41.6 Å². The van der Waals surface area contributed by atoms with Crippen LogP contribution in [0.3, 0.4) is 0 Å². The van der Waals surface area contributed by atoms with Gasteiger partial charge in [0.25, 0.3) is 0 Å². The van der Waals surface area contributed by atoms with Crippen molar-refractivity contribution in [3.8, 4) is 11.4 Å². The lowest BCUT2D eigenvalue weighted by atomic mass is 10.1. The minimum Gasteiger partial charge on any atom is -0.338 e. The monoisotopic (exact) mass is 459 g/mol. The van der Waals surface area contributed by atoms with Gasteiger partial charge in [0, 0.05) is 23.1 Å². The number of rotatable bonds is 9. The van der Waals surface area contributed by atoms with Crippen LogP contribution in [-0.4, -0.2) is 44.0 Å². The third kappa shape index (κ3) is 4.98. The van der Waals surface area contributed by atoms with Crippen molar-refractivity contribution in [2.45, 2.75) is 36.1 Å². The fraction of sp³-hybridized carbons (Fsp3) is 0.529. The Morgan fingerprint density at radius 2 is 2.04 bits per heavy atom. The van der Waals surface area contributed by atoms with Gasteiger partial charge in [-0.3, -0.25) is 9.40 Å². The maximum absolute atomic E-state index is 12.6. The number of hydrogen-bond donors (Lipinski definition) is 1. The minimum atomic E-state index is -3.66. The molecule has 1 unspecified atom stereocenters. The molecule has 7 nitrogen and oxygen atoms in total. The molecule has 2 aliphatic rings. The molecule has 1 aliphatic heterocycles. The molecular formula is C17H22N3O4PS3. The Labute approximate surface area is 176 Å². The zero-order valence-electron chi connectivity index (χ0n) is 15.4. The molecule has 1 aliphatic carbocycles. The standard InChI is InChI=1S/C17H22N3O4PS3/c1-2-23-20(14-7-8-14)25(21,22)28-11-15-18-16(19-24-15)12-3-5-13(6-4-12)17-26-9-10-27-17/h3-6,14,17H,2,7-11H2,1H3,(H,21,22). The van der Waals surface area contributed by atoms with Gasteiger partial charge < -0.3 is 9.42 Å². The van der Waals surface area contributed by atoms with Gasteiger partial charge in [-0.15, -0.1) is 28.4 Å². The van der Waals surface area contributed by atoms with Crippen molar-refractivity contribution in [2.24, 2.45) is 0 Å². The van der Waals surface area contributed by atoms with Gasteiger partial charge in [-0.2, -0.15) is 4.98 Å². The number of thioether (sulfide) groups is 2. The van der Waals surface area contributed by atoms with Gasteiger partial charge in [0.2, 0.25) is 11.7 Å². The van der Waals surface area contributed by atoms with Gasteiger partial charge in [-0.1, -0.05) is 29.4 Å². The second-order valence-electron chi connectivity index (χ2n) is 6.42. The van der Waals surface area contributed by atoms with Crippen molar-refractivity contribution in [3.05, 3.63) is 35.7 Å². The van der Waals surface area contributed by atoms with E-state index in [0.29, 0.717) is 22.9 Å². The maximum atomic E-state index is 12.6. The van der Waals surface area contributed by atoms with Crippen molar-refractivity contribution < 1.29 is 18.8 Å². The van der Waals surface area contributed by atoms with Gasteiger partial charge in [0.1, 0.15) is 0 Å². The molecule has 1 saturated heterocycles. The van der Waals surface area contributed by atoms with Crippen molar-refractivity contribution in [2.75, 3.05) is 18.1 Å². The Kier molecular flexibility index (Phi) is 6.77. The highest BCUT2D eigenvalue weighted by molar-refractivity contribution is 8.55. The highest BCUT2D eigenvalue weighted by Gasteiger charge is 2.42. The number of hydroxylamine groups is 1. The van der Waals surface area contributed by atoms with Gasteiger partial charge in [-0.25, -0.2) is 0 Å². The molecule has 2 fully saturated rings. The summed E-state index contributed by atoms with van der Waals surface area (Å²) in [6.07, 6.45) is 1.76. The van der Waals surface area contributed by atoms with E-state index in [9.17, 15) is 9.46 Å². The van der Waals surface area contributed by atoms with Crippen molar-refractivity contribution in [1.82, 2.24) is 15.0 Å². The summed E-state index contributed by atoms with van der Waals surface area (Å²) in [5, 5.41) is 4.02. The Hall–Kier alpha value is -0.480. The van der Waals surface area contributed by atoms with E-state index in [2.05, 4.69) is 22.3 Å². The van der Waals surface area contributed by atoms with Crippen LogP contribution in [0.2, 0.25) is 0 Å². The van der Waals surface area contributed by atoms with E-state index in [0.717, 1.165) is 29.8 Å². The normalized spacial score (nSPS) is 20.0. The summed E-state index contributed by atoms with van der Waals surface area (Å²) >= 11 is 4.82. The zero-order valence-corrected chi connectivity index (χ0v) is 18.7. The maximum Gasteiger partial charge on any atom is 0.350 e. The molecule has 28 heavy (non-hydrogen) atoms. The lowest BCUT2D eigenvalue weighted by Gasteiger charge is -2.24. The summed E-state index contributed by atoms with van der Waals surface area (Å²) in [7, 11) is 0. The molecule has 0 amide bonds. The first-order chi connectivity index (χ1) is 13.6. The molecule has 1 saturated carbocycles. The van der Waals surface area contributed by atoms with Gasteiger partial charge in [0.05, 0.1) is 16.9 Å². The summed E-state index contributed by atoms with van der Waals surface area (Å²) in [4.78, 5) is 21.4. The Balaban J connectivity index is 1.38. The van der Waals surface area contributed by atoms with Gasteiger partial charge in [-0.05, 0) is 36.7 Å². The van der Waals surface area contributed by atoms with Crippen molar-refractivity contribution >= 4 is 41.6 Å². The van der Waals surface area contributed by atoms with E-state index in [1.54, 1.807) is 6.92 Å². The molecule has 152 valence electrons. The number of benzene rings is 1. The molecule has 1 aromatic carbocycles. The Bertz CT molecular complexity index is 840. The van der Waals surface area contributed by atoms with Crippen LogP contribution in [0.15, 0.2) is 28.8 Å². The fourth-order valence-electron chi connectivity index (χ4n) is 2.78. The average molecular weight is 460 g/mol. The molecule has 0 bridgehead atoms. The zero-order chi connectivity index (χ0) is 19.6. The largest absolute Gasteiger partial charge is 0.350 e. The SMILES string of the molecule is CCON(C1CC1)P(=O)(O)SCc1nc(-c2ccc(C3SCCS3)cc2)no1. The molecule has 1 aromatic heterocycles. The first-order valence-corrected chi connectivity index (χ1v) is 14.4. The minimum absolute atomic E-state index is 0.0243. The summed E-state index contributed by atoms with van der Waals surface area (Å²) in [6, 6.07) is 8.23. The fourth-order valence-corrected chi connectivity index (χ4v) is 8.77. The van der Waals surface area contributed by atoms with E-state index in [-0.39, 0.29) is 11.8 Å². The van der Waals surface area contributed by atoms with Crippen LogP contribution in [-0.2, 0) is 15.2 Å². The van der Waals surface area contributed by atoms with E-state index in [1.165, 1.54) is 21.9 Å². The highest BCUT2D eigenvalue weighted by Crippen LogP contribution is 2.62. The quantitative estimate of drug-likeness (QED) is 0.410. The molecule has 1 N–H and O–H groups in total. The topological polar surface area (TPSA) is 88.7 Å². The van der Waals surface area contributed by atoms with E-state index in [4.69, 9.17) is 9.36 Å². The summed E-state index contributed by atoms with van der Waals surface area (Å²) < 4.78 is 18.4. The predicted octanol–water partition coefficient (Wildman–Crippen LogP) is 4.96. The molecule has 2 heterocycles. The van der Waals surface area contributed by atoms with E-state index < -0.39 is 6.72 Å². The Morgan fingerprint density at radius 1 is 1.32 bits per heavy atom. The van der Waals surface area contributed by atoms with Gasteiger partial charge in [0.15, 0.2) is 0 Å². The lowest BCUT2D eigenvalue weighted by Crippen LogP contribution is -2.22. The highest BCUT2D eigenvalue weighted by atomic mass is 32.7. The molecule has 2 aromatic rings. The first-order valence-electron chi connectivity index (χ1n) is 9.13. The van der Waals surface area contributed by atoms with Crippen LogP contribution in [0.4, 0.5) is 0 Å². The van der Waals surface area contributed by atoms with Gasteiger partial charge >= 0.3 is 6.72 Å². The second kappa shape index (κ2) is 9.12. The first kappa shape index (κ1) is 20.8. The van der Waals surface area contributed by atoms with Crippen LogP contribution in [0.25, 0.3) is 11.4 Å². The molecule has 11 heteroatoms. The third-order valence-corrected chi connectivity index (χ3v) is 10.9. The Morgan fingerprint density at radius 3 is 2.68 bits per heavy atom. The van der Waals surface area contributed by atoms with Crippen LogP contribution in [0.1, 0.15) is 35.8 Å². The van der Waals surface area contributed by atoms with E-state index >= 15 is 0 Å².